The lowest BCUT2D eigenvalue weighted by Gasteiger charge is -2.56. The zero-order valence-electron chi connectivity index (χ0n) is 19.3. The number of carbonyl (C=O) groups excluding carboxylic acids is 1. The highest BCUT2D eigenvalue weighted by Gasteiger charge is 2.51. The van der Waals surface area contributed by atoms with Crippen molar-refractivity contribution >= 4 is 15.8 Å². The van der Waals surface area contributed by atoms with E-state index in [4.69, 9.17) is 9.47 Å². The highest BCUT2D eigenvalue weighted by molar-refractivity contribution is 7.90. The molecule has 0 unspecified atom stereocenters. The lowest BCUT2D eigenvalue weighted by atomic mass is 9.50. The van der Waals surface area contributed by atoms with Gasteiger partial charge in [-0.05, 0) is 86.7 Å². The molecule has 5 aliphatic carbocycles. The summed E-state index contributed by atoms with van der Waals surface area (Å²) in [5.74, 6) is 0.995. The monoisotopic (exact) mass is 479 g/mol. The van der Waals surface area contributed by atoms with Crippen LogP contribution in [0.15, 0.2) is 12.1 Å². The Hall–Kier alpha value is -1.51. The van der Waals surface area contributed by atoms with Crippen molar-refractivity contribution < 1.29 is 27.1 Å². The molecular formula is C25H34FNO5S. The molecule has 0 spiro atoms. The number of Topliss-reactive ketones (excluding diaryl/α,β-unsaturated/α-hetero) is 1. The molecule has 0 aromatic heterocycles. The van der Waals surface area contributed by atoms with Crippen LogP contribution in [0.2, 0.25) is 0 Å². The van der Waals surface area contributed by atoms with Gasteiger partial charge in [0.1, 0.15) is 17.3 Å². The number of rotatable bonds is 11. The third kappa shape index (κ3) is 5.13. The van der Waals surface area contributed by atoms with Gasteiger partial charge in [-0.2, -0.15) is 0 Å². The number of ether oxygens (including phenoxy) is 2. The standard InChI is InChI=1S/C25H34FNO5S/c1-31-5-4-27-33(29,30)14-23(28)21-9-20(19-2-3-19)24(10-22(21)26)32-15-25-11-16-6-17(12-25)8-18(7-16)13-25/h9-10,16-19,27H,2-8,11-15H2,1H3. The van der Waals surface area contributed by atoms with Crippen molar-refractivity contribution in [2.24, 2.45) is 23.2 Å². The summed E-state index contributed by atoms with van der Waals surface area (Å²) in [6, 6.07) is 2.85. The summed E-state index contributed by atoms with van der Waals surface area (Å²) in [5, 5.41) is 0. The average molecular weight is 480 g/mol. The molecule has 1 aromatic carbocycles. The van der Waals surface area contributed by atoms with Crippen molar-refractivity contribution in [3.8, 4) is 5.75 Å². The first-order chi connectivity index (χ1) is 15.8. The number of halogens is 1. The molecule has 4 bridgehead atoms. The lowest BCUT2D eigenvalue weighted by molar-refractivity contribution is -0.0747. The molecule has 182 valence electrons. The number of sulfonamides is 1. The van der Waals surface area contributed by atoms with Crippen LogP contribution in [0.4, 0.5) is 4.39 Å². The van der Waals surface area contributed by atoms with Crippen LogP contribution in [-0.2, 0) is 14.8 Å². The van der Waals surface area contributed by atoms with Crippen LogP contribution in [-0.4, -0.2) is 46.8 Å². The van der Waals surface area contributed by atoms with Crippen LogP contribution < -0.4 is 9.46 Å². The van der Waals surface area contributed by atoms with Crippen molar-refractivity contribution in [3.63, 3.8) is 0 Å². The van der Waals surface area contributed by atoms with Gasteiger partial charge in [0.05, 0.1) is 18.8 Å². The minimum absolute atomic E-state index is 0.0685. The molecule has 5 fully saturated rings. The van der Waals surface area contributed by atoms with Crippen molar-refractivity contribution in [3.05, 3.63) is 29.1 Å². The number of hydrogen-bond donors (Lipinski definition) is 1. The molecule has 0 atom stereocenters. The predicted molar refractivity (Wildman–Crippen MR) is 122 cm³/mol. The van der Waals surface area contributed by atoms with Gasteiger partial charge in [0.25, 0.3) is 0 Å². The maximum atomic E-state index is 15.0. The maximum absolute atomic E-state index is 15.0. The Bertz CT molecular complexity index is 985. The van der Waals surface area contributed by atoms with Gasteiger partial charge in [0.2, 0.25) is 10.0 Å². The van der Waals surface area contributed by atoms with Crippen molar-refractivity contribution in [1.29, 1.82) is 0 Å². The number of benzene rings is 1. The summed E-state index contributed by atoms with van der Waals surface area (Å²) in [6.45, 7) is 0.878. The van der Waals surface area contributed by atoms with E-state index < -0.39 is 27.4 Å². The normalized spacial score (nSPS) is 30.5. The first kappa shape index (κ1) is 23.2. The minimum Gasteiger partial charge on any atom is -0.493 e. The molecule has 6 nitrogen and oxygen atoms in total. The maximum Gasteiger partial charge on any atom is 0.219 e. The molecule has 0 aliphatic heterocycles. The Labute approximate surface area is 195 Å². The number of methoxy groups -OCH3 is 1. The Balaban J connectivity index is 1.30. The van der Waals surface area contributed by atoms with E-state index in [1.54, 1.807) is 0 Å². The van der Waals surface area contributed by atoms with Crippen LogP contribution in [0.3, 0.4) is 0 Å². The van der Waals surface area contributed by atoms with Crippen LogP contribution >= 0.6 is 0 Å². The molecule has 0 amide bonds. The molecule has 0 saturated heterocycles. The Kier molecular flexibility index (Phi) is 6.29. The van der Waals surface area contributed by atoms with Gasteiger partial charge in [-0.15, -0.1) is 0 Å². The van der Waals surface area contributed by atoms with E-state index in [2.05, 4.69) is 4.72 Å². The van der Waals surface area contributed by atoms with E-state index in [9.17, 15) is 17.6 Å². The van der Waals surface area contributed by atoms with Gasteiger partial charge >= 0.3 is 0 Å². The van der Waals surface area contributed by atoms with Crippen LogP contribution in [0.25, 0.3) is 0 Å². The largest absolute Gasteiger partial charge is 0.493 e. The molecule has 8 heteroatoms. The van der Waals surface area contributed by atoms with E-state index >= 15 is 0 Å². The van der Waals surface area contributed by atoms with Crippen LogP contribution in [0.1, 0.15) is 73.2 Å². The fourth-order valence-electron chi connectivity index (χ4n) is 6.92. The Morgan fingerprint density at radius 1 is 1.12 bits per heavy atom. The molecular weight excluding hydrogens is 445 g/mol. The van der Waals surface area contributed by atoms with E-state index in [0.29, 0.717) is 12.4 Å². The highest BCUT2D eigenvalue weighted by atomic mass is 32.2. The van der Waals surface area contributed by atoms with Gasteiger partial charge in [0.15, 0.2) is 5.78 Å². The fraction of sp³-hybridized carbons (Fsp3) is 0.720. The van der Waals surface area contributed by atoms with Gasteiger partial charge in [0, 0.05) is 25.1 Å². The summed E-state index contributed by atoms with van der Waals surface area (Å²) < 4.78 is 52.8. The first-order valence-corrected chi connectivity index (χ1v) is 13.9. The van der Waals surface area contributed by atoms with Crippen molar-refractivity contribution in [2.45, 2.75) is 57.3 Å². The lowest BCUT2D eigenvalue weighted by Crippen LogP contribution is -2.48. The average Bonchev–Trinajstić information content (AvgIpc) is 3.56. The topological polar surface area (TPSA) is 81.7 Å². The van der Waals surface area contributed by atoms with E-state index in [1.165, 1.54) is 57.8 Å². The zero-order chi connectivity index (χ0) is 23.2. The van der Waals surface area contributed by atoms with E-state index in [1.807, 2.05) is 0 Å². The first-order valence-electron chi connectivity index (χ1n) is 12.2. The molecule has 1 aromatic rings. The second-order valence-electron chi connectivity index (χ2n) is 10.9. The third-order valence-electron chi connectivity index (χ3n) is 8.07. The Morgan fingerprint density at radius 3 is 2.33 bits per heavy atom. The Morgan fingerprint density at radius 2 is 1.76 bits per heavy atom. The quantitative estimate of drug-likeness (QED) is 0.383. The number of carbonyl (C=O) groups is 1. The number of hydrogen-bond acceptors (Lipinski definition) is 5. The second-order valence-corrected chi connectivity index (χ2v) is 12.7. The predicted octanol–water partition coefficient (Wildman–Crippen LogP) is 4.05. The highest BCUT2D eigenvalue weighted by Crippen LogP contribution is 2.60. The van der Waals surface area contributed by atoms with Gasteiger partial charge in [-0.1, -0.05) is 0 Å². The van der Waals surface area contributed by atoms with Crippen LogP contribution in [0.5, 0.6) is 5.75 Å². The SMILES string of the molecule is COCCNS(=O)(=O)CC(=O)c1cc(C2CC2)c(OCC23CC4CC(CC(C4)C2)C3)cc1F. The molecule has 6 rings (SSSR count). The fourth-order valence-corrected chi connectivity index (χ4v) is 7.92. The molecule has 33 heavy (non-hydrogen) atoms. The summed E-state index contributed by atoms with van der Waals surface area (Å²) >= 11 is 0. The molecule has 5 saturated carbocycles. The minimum atomic E-state index is -3.86. The van der Waals surface area contributed by atoms with E-state index in [0.717, 1.165) is 36.2 Å². The number of nitrogens with one attached hydrogen (secondary N) is 1. The van der Waals surface area contributed by atoms with Gasteiger partial charge in [-0.3, -0.25) is 4.79 Å². The van der Waals surface area contributed by atoms with Crippen LogP contribution in [0, 0.1) is 29.0 Å². The second kappa shape index (κ2) is 8.93. The summed E-state index contributed by atoms with van der Waals surface area (Å²) in [7, 11) is -2.40. The summed E-state index contributed by atoms with van der Waals surface area (Å²) in [5.41, 5.74) is 0.882. The molecule has 0 radical (unpaired) electrons. The molecule has 0 heterocycles. The molecule has 1 N–H and O–H groups in total. The summed E-state index contributed by atoms with van der Waals surface area (Å²) in [6.07, 6.45) is 9.68. The van der Waals surface area contributed by atoms with Gasteiger partial charge < -0.3 is 9.47 Å². The number of ketones is 1. The van der Waals surface area contributed by atoms with Gasteiger partial charge in [-0.25, -0.2) is 17.5 Å². The summed E-state index contributed by atoms with van der Waals surface area (Å²) in [4.78, 5) is 12.7. The molecule has 5 aliphatic rings. The zero-order valence-corrected chi connectivity index (χ0v) is 20.1. The third-order valence-corrected chi connectivity index (χ3v) is 9.35. The smallest absolute Gasteiger partial charge is 0.219 e. The van der Waals surface area contributed by atoms with E-state index in [-0.39, 0.29) is 30.0 Å². The van der Waals surface area contributed by atoms with Crippen molar-refractivity contribution in [1.82, 2.24) is 4.72 Å². The van der Waals surface area contributed by atoms with Crippen molar-refractivity contribution in [2.75, 3.05) is 32.6 Å².